The van der Waals surface area contributed by atoms with Crippen molar-refractivity contribution in [2.45, 2.75) is 25.9 Å². The Bertz CT molecular complexity index is 403. The molecule has 0 aromatic heterocycles. The zero-order valence-electron chi connectivity index (χ0n) is 9.94. The van der Waals surface area contributed by atoms with E-state index in [4.69, 9.17) is 4.74 Å². The molecule has 0 radical (unpaired) electrons. The summed E-state index contributed by atoms with van der Waals surface area (Å²) in [5.41, 5.74) is 2.45. The van der Waals surface area contributed by atoms with E-state index in [0.717, 1.165) is 13.0 Å². The molecule has 84 valence electrons. The van der Waals surface area contributed by atoms with Gasteiger partial charge in [-0.25, -0.2) is 0 Å². The Kier molecular flexibility index (Phi) is 3.25. The van der Waals surface area contributed by atoms with Gasteiger partial charge in [-0.1, -0.05) is 48.6 Å². The van der Waals surface area contributed by atoms with Gasteiger partial charge in [-0.2, -0.15) is 0 Å². The van der Waals surface area contributed by atoms with Gasteiger partial charge in [0.05, 0.1) is 5.60 Å². The second-order valence-electron chi connectivity index (χ2n) is 4.31. The van der Waals surface area contributed by atoms with E-state index in [9.17, 15) is 0 Å². The molecule has 1 nitrogen and oxygen atoms in total. The van der Waals surface area contributed by atoms with Gasteiger partial charge in [-0.3, -0.25) is 0 Å². The zero-order chi connectivity index (χ0) is 11.4. The molecule has 0 saturated heterocycles. The molecule has 16 heavy (non-hydrogen) atoms. The van der Waals surface area contributed by atoms with Crippen molar-refractivity contribution in [3.63, 3.8) is 0 Å². The summed E-state index contributed by atoms with van der Waals surface area (Å²) < 4.78 is 5.72. The molecule has 0 fully saturated rings. The Morgan fingerprint density at radius 3 is 2.56 bits per heavy atom. The van der Waals surface area contributed by atoms with Gasteiger partial charge in [0.1, 0.15) is 0 Å². The fourth-order valence-corrected chi connectivity index (χ4v) is 2.00. The molecule has 1 aliphatic carbocycles. The average Bonchev–Trinajstić information content (AvgIpc) is 2.31. The van der Waals surface area contributed by atoms with Crippen molar-refractivity contribution in [2.75, 3.05) is 6.61 Å². The molecule has 0 N–H and O–H groups in total. The van der Waals surface area contributed by atoms with Gasteiger partial charge < -0.3 is 4.74 Å². The molecule has 0 aliphatic heterocycles. The molecule has 1 aliphatic rings. The summed E-state index contributed by atoms with van der Waals surface area (Å²) in [5.74, 6) is 0. The fourth-order valence-electron chi connectivity index (χ4n) is 2.00. The van der Waals surface area contributed by atoms with Gasteiger partial charge >= 0.3 is 0 Å². The Morgan fingerprint density at radius 2 is 2.00 bits per heavy atom. The minimum absolute atomic E-state index is 0.118. The van der Waals surface area contributed by atoms with Crippen LogP contribution in [0.5, 0.6) is 0 Å². The molecule has 0 spiro atoms. The number of allylic oxidation sites excluding steroid dienone is 2. The first-order valence-electron chi connectivity index (χ1n) is 5.82. The van der Waals surface area contributed by atoms with Crippen LogP contribution in [0.25, 0.3) is 5.57 Å². The lowest BCUT2D eigenvalue weighted by Crippen LogP contribution is -2.26. The van der Waals surface area contributed by atoms with Crippen molar-refractivity contribution >= 4 is 5.57 Å². The van der Waals surface area contributed by atoms with Crippen molar-refractivity contribution in [2.24, 2.45) is 0 Å². The zero-order valence-corrected chi connectivity index (χ0v) is 9.94. The Hall–Kier alpha value is -1.34. The minimum Gasteiger partial charge on any atom is -0.371 e. The average molecular weight is 214 g/mol. The fraction of sp³-hybridized carbons (Fsp3) is 0.333. The smallest absolute Gasteiger partial charge is 0.0872 e. The van der Waals surface area contributed by atoms with Gasteiger partial charge in [0.2, 0.25) is 0 Å². The van der Waals surface area contributed by atoms with Crippen molar-refractivity contribution in [1.29, 1.82) is 0 Å². The largest absolute Gasteiger partial charge is 0.371 e. The Morgan fingerprint density at radius 1 is 1.25 bits per heavy atom. The van der Waals surface area contributed by atoms with E-state index < -0.39 is 0 Å². The standard InChI is InChI=1S/C15H18O/c1-3-16-15(2)11-9-14(10-12-15)13-7-5-4-6-8-13/h4-11H,3,12H2,1-2H3/t15-/m0/s1. The first kappa shape index (κ1) is 11.2. The third-order valence-corrected chi connectivity index (χ3v) is 2.92. The predicted octanol–water partition coefficient (Wildman–Crippen LogP) is 3.83. The number of hydrogen-bond donors (Lipinski definition) is 0. The van der Waals surface area contributed by atoms with Gasteiger partial charge in [-0.05, 0) is 31.4 Å². The quantitative estimate of drug-likeness (QED) is 0.743. The van der Waals surface area contributed by atoms with E-state index in [0.29, 0.717) is 0 Å². The topological polar surface area (TPSA) is 9.23 Å². The van der Waals surface area contributed by atoms with Crippen LogP contribution in [0.4, 0.5) is 0 Å². The number of hydrogen-bond acceptors (Lipinski definition) is 1. The molecular formula is C15H18O. The Labute approximate surface area is 97.4 Å². The summed E-state index contributed by atoms with van der Waals surface area (Å²) in [6, 6.07) is 10.5. The molecule has 2 rings (SSSR count). The van der Waals surface area contributed by atoms with Crippen molar-refractivity contribution in [3.05, 3.63) is 54.1 Å². The molecule has 1 aromatic carbocycles. The van der Waals surface area contributed by atoms with Crippen LogP contribution in [0.3, 0.4) is 0 Å². The molecule has 1 atom stereocenters. The van der Waals surface area contributed by atoms with Gasteiger partial charge in [0.25, 0.3) is 0 Å². The normalized spacial score (nSPS) is 24.2. The molecular weight excluding hydrogens is 196 g/mol. The second-order valence-corrected chi connectivity index (χ2v) is 4.31. The van der Waals surface area contributed by atoms with E-state index in [1.807, 2.05) is 13.0 Å². The highest BCUT2D eigenvalue weighted by atomic mass is 16.5. The van der Waals surface area contributed by atoms with Gasteiger partial charge in [0.15, 0.2) is 0 Å². The highest BCUT2D eigenvalue weighted by Gasteiger charge is 2.22. The van der Waals surface area contributed by atoms with E-state index >= 15 is 0 Å². The van der Waals surface area contributed by atoms with E-state index in [1.54, 1.807) is 0 Å². The second kappa shape index (κ2) is 4.67. The molecule has 1 aromatic rings. The summed E-state index contributed by atoms with van der Waals surface area (Å²) in [6.07, 6.45) is 7.53. The molecule has 0 saturated carbocycles. The lowest BCUT2D eigenvalue weighted by atomic mass is 9.91. The van der Waals surface area contributed by atoms with Crippen LogP contribution in [-0.2, 0) is 4.74 Å². The van der Waals surface area contributed by atoms with Gasteiger partial charge in [0, 0.05) is 6.61 Å². The molecule has 0 unspecified atom stereocenters. The monoisotopic (exact) mass is 214 g/mol. The predicted molar refractivity (Wildman–Crippen MR) is 68.2 cm³/mol. The van der Waals surface area contributed by atoms with Crippen LogP contribution in [0.1, 0.15) is 25.8 Å². The maximum Gasteiger partial charge on any atom is 0.0872 e. The molecule has 1 heteroatoms. The molecule has 0 heterocycles. The van der Waals surface area contributed by atoms with Crippen LogP contribution in [0, 0.1) is 0 Å². The lowest BCUT2D eigenvalue weighted by molar-refractivity contribution is 0.0156. The van der Waals surface area contributed by atoms with Crippen LogP contribution in [0.15, 0.2) is 48.6 Å². The first-order valence-corrected chi connectivity index (χ1v) is 5.82. The van der Waals surface area contributed by atoms with Crippen molar-refractivity contribution in [1.82, 2.24) is 0 Å². The van der Waals surface area contributed by atoms with Crippen LogP contribution < -0.4 is 0 Å². The Balaban J connectivity index is 2.14. The highest BCUT2D eigenvalue weighted by molar-refractivity contribution is 5.75. The molecule has 0 amide bonds. The van der Waals surface area contributed by atoms with Crippen molar-refractivity contribution < 1.29 is 4.74 Å². The SMILES string of the molecule is CCO[C@@]1(C)C=CC(c2ccccc2)=CC1. The highest BCUT2D eigenvalue weighted by Crippen LogP contribution is 2.28. The summed E-state index contributed by atoms with van der Waals surface area (Å²) in [6.45, 7) is 4.93. The summed E-state index contributed by atoms with van der Waals surface area (Å²) in [5, 5.41) is 0. The number of ether oxygens (including phenoxy) is 1. The van der Waals surface area contributed by atoms with E-state index in [-0.39, 0.29) is 5.60 Å². The lowest BCUT2D eigenvalue weighted by Gasteiger charge is -2.27. The third-order valence-electron chi connectivity index (χ3n) is 2.92. The van der Waals surface area contributed by atoms with Crippen molar-refractivity contribution in [3.8, 4) is 0 Å². The molecule has 0 bridgehead atoms. The number of rotatable bonds is 3. The minimum atomic E-state index is -0.118. The van der Waals surface area contributed by atoms with Crippen LogP contribution >= 0.6 is 0 Å². The van der Waals surface area contributed by atoms with E-state index in [1.165, 1.54) is 11.1 Å². The maximum atomic E-state index is 5.72. The van der Waals surface area contributed by atoms with Crippen LogP contribution in [-0.4, -0.2) is 12.2 Å². The van der Waals surface area contributed by atoms with Crippen LogP contribution in [0.2, 0.25) is 0 Å². The van der Waals surface area contributed by atoms with E-state index in [2.05, 4.69) is 49.4 Å². The summed E-state index contributed by atoms with van der Waals surface area (Å²) in [7, 11) is 0. The summed E-state index contributed by atoms with van der Waals surface area (Å²) in [4.78, 5) is 0. The summed E-state index contributed by atoms with van der Waals surface area (Å²) >= 11 is 0. The number of benzene rings is 1. The van der Waals surface area contributed by atoms with Gasteiger partial charge in [-0.15, -0.1) is 0 Å². The maximum absolute atomic E-state index is 5.72. The first-order chi connectivity index (χ1) is 7.73. The third kappa shape index (κ3) is 2.42.